The average Bonchev–Trinajstić information content (AvgIpc) is 3.40. The van der Waals surface area contributed by atoms with Crippen LogP contribution >= 0.6 is 0 Å². The third kappa shape index (κ3) is 11.5. The second kappa shape index (κ2) is 19.5. The third-order valence-electron chi connectivity index (χ3n) is 10.4. The van der Waals surface area contributed by atoms with Gasteiger partial charge in [0.25, 0.3) is 17.5 Å². The molecule has 2 aromatic rings. The number of carbonyl (C=O) groups is 1. The van der Waals surface area contributed by atoms with Gasteiger partial charge in [0.05, 0.1) is 21.8 Å². The van der Waals surface area contributed by atoms with Gasteiger partial charge >= 0.3 is 18.4 Å². The maximum atomic E-state index is 11.8. The van der Waals surface area contributed by atoms with Gasteiger partial charge in [-0.1, -0.05) is 24.3 Å². The predicted molar refractivity (Wildman–Crippen MR) is 213 cm³/mol. The number of nitrogen functional groups attached to an aromatic ring is 1. The van der Waals surface area contributed by atoms with E-state index in [1.807, 2.05) is 12.1 Å². The van der Waals surface area contributed by atoms with Crippen LogP contribution in [0.1, 0.15) is 111 Å². The van der Waals surface area contributed by atoms with Gasteiger partial charge in [-0.15, -0.1) is 0 Å². The first-order chi connectivity index (χ1) is 26.1. The number of anilines is 1. The molecule has 1 fully saturated rings. The molecule has 0 saturated carbocycles. The number of pyridine rings is 2. The predicted octanol–water partition coefficient (Wildman–Crippen LogP) is 6.80. The lowest BCUT2D eigenvalue weighted by Gasteiger charge is -2.32. The smallest absolute Gasteiger partial charge is 0.400 e. The fourth-order valence-corrected chi connectivity index (χ4v) is 6.46. The number of nitrogens with one attached hydrogen (secondary N) is 1. The molecule has 4 heterocycles. The first-order valence-corrected chi connectivity index (χ1v) is 19.0. The Morgan fingerprint density at radius 3 is 1.76 bits per heavy atom. The van der Waals surface area contributed by atoms with E-state index >= 15 is 0 Å². The quantitative estimate of drug-likeness (QED) is 0.185. The summed E-state index contributed by atoms with van der Waals surface area (Å²) in [5.74, 6) is -0.535. The number of aromatic nitrogens is 2. The summed E-state index contributed by atoms with van der Waals surface area (Å²) in [4.78, 5) is 53.6. The number of hydrogen-bond acceptors (Lipinski definition) is 10. The first kappa shape index (κ1) is 42.7. The van der Waals surface area contributed by atoms with Crippen molar-refractivity contribution in [1.29, 1.82) is 0 Å². The molecule has 3 aliphatic carbocycles. The third-order valence-corrected chi connectivity index (χ3v) is 10.4. The van der Waals surface area contributed by atoms with Crippen LogP contribution in [-0.2, 0) is 14.1 Å². The zero-order valence-electron chi connectivity index (χ0n) is 32.2. The van der Waals surface area contributed by atoms with Crippen LogP contribution in [0, 0.1) is 20.2 Å². The Bertz CT molecular complexity index is 1930. The minimum Gasteiger partial charge on any atom is -0.400 e. The zero-order valence-corrected chi connectivity index (χ0v) is 32.2. The first-order valence-electron chi connectivity index (χ1n) is 19.0. The molecule has 2 aliphatic heterocycles. The van der Waals surface area contributed by atoms with Crippen molar-refractivity contribution in [2.45, 2.75) is 128 Å². The van der Waals surface area contributed by atoms with Crippen molar-refractivity contribution in [1.82, 2.24) is 14.5 Å². The normalized spacial score (nSPS) is 21.0. The summed E-state index contributed by atoms with van der Waals surface area (Å²) >= 11 is 0. The molecule has 5 aliphatic rings. The molecule has 1 saturated heterocycles. The SMILES string of the molecule is CC1(C)OB(C2=CCCCC2)OC1(C)C.Nc1cccn(C2=CCCCC2)c1=O.O=C1NC=CCC1[N+](=O)[O-].O=c1c([N+](=O)[O-])cccn1C1=CCCCC1. The van der Waals surface area contributed by atoms with E-state index < -0.39 is 27.4 Å². The van der Waals surface area contributed by atoms with Gasteiger partial charge in [0, 0.05) is 47.4 Å². The standard InChI is InChI=1S/C12H21BO2.C11H12N2O3.C11H14N2O.C5H6N2O3/c1-11(2)12(3,4)15-13(14-11)10-8-6-5-7-9-10;14-11-10(13(15)16)7-4-8-12(11)9-5-2-1-3-6-9;12-10-7-4-8-13(11(10)14)9-5-2-1-3-6-9;8-5-4(7(9)10)2-1-3-6-5/h8H,5-7,9H2,1-4H3;4-5,7-8H,1-3,6H2;4-5,7-8H,1-3,6,12H2;1,3-4H,2H2,(H,6,8). The molecule has 7 rings (SSSR count). The maximum Gasteiger partial charge on any atom is 0.490 e. The molecular formula is C39H53BN6O9. The van der Waals surface area contributed by atoms with E-state index in [2.05, 4.69) is 45.2 Å². The highest BCUT2D eigenvalue weighted by Gasteiger charge is 2.52. The number of nitrogens with zero attached hydrogens (tertiary/aromatic N) is 4. The number of nitro groups is 2. The lowest BCUT2D eigenvalue weighted by molar-refractivity contribution is -0.507. The molecule has 0 radical (unpaired) electrons. The summed E-state index contributed by atoms with van der Waals surface area (Å²) in [6, 6.07) is 5.14. The number of carbonyl (C=O) groups excluding carboxylic acids is 1. The van der Waals surface area contributed by atoms with Gasteiger partial charge in [0.1, 0.15) is 0 Å². The fraction of sp³-hybridized carbons (Fsp3) is 0.513. The highest BCUT2D eigenvalue weighted by Crippen LogP contribution is 2.40. The molecule has 0 spiro atoms. The second-order valence-corrected chi connectivity index (χ2v) is 14.9. The van der Waals surface area contributed by atoms with Crippen molar-refractivity contribution >= 4 is 35.8 Å². The van der Waals surface area contributed by atoms with Crippen LogP contribution in [0.15, 0.2) is 82.2 Å². The molecule has 55 heavy (non-hydrogen) atoms. The average molecular weight is 761 g/mol. The molecular weight excluding hydrogens is 707 g/mol. The van der Waals surface area contributed by atoms with Gasteiger partial charge in [-0.2, -0.15) is 0 Å². The van der Waals surface area contributed by atoms with E-state index in [0.29, 0.717) is 5.69 Å². The topological polar surface area (TPSA) is 204 Å². The molecule has 15 nitrogen and oxygen atoms in total. The van der Waals surface area contributed by atoms with Crippen LogP contribution in [0.2, 0.25) is 0 Å². The van der Waals surface area contributed by atoms with Gasteiger partial charge < -0.3 is 20.4 Å². The molecule has 0 aromatic carbocycles. The van der Waals surface area contributed by atoms with Crippen molar-refractivity contribution in [3.05, 3.63) is 114 Å². The lowest BCUT2D eigenvalue weighted by atomic mass is 9.73. The van der Waals surface area contributed by atoms with Crippen molar-refractivity contribution in [2.24, 2.45) is 0 Å². The summed E-state index contributed by atoms with van der Waals surface area (Å²) in [5.41, 5.74) is 7.80. The summed E-state index contributed by atoms with van der Waals surface area (Å²) in [6.45, 7) is 8.43. The second-order valence-electron chi connectivity index (χ2n) is 14.9. The van der Waals surface area contributed by atoms with E-state index in [4.69, 9.17) is 15.0 Å². The van der Waals surface area contributed by atoms with Crippen molar-refractivity contribution in [3.8, 4) is 0 Å². The van der Waals surface area contributed by atoms with E-state index in [-0.39, 0.29) is 36.0 Å². The van der Waals surface area contributed by atoms with Gasteiger partial charge in [0.2, 0.25) is 0 Å². The van der Waals surface area contributed by atoms with Gasteiger partial charge in [0.15, 0.2) is 0 Å². The summed E-state index contributed by atoms with van der Waals surface area (Å²) in [5, 5.41) is 23.0. The number of rotatable bonds is 5. The van der Waals surface area contributed by atoms with Crippen LogP contribution in [-0.4, -0.2) is 49.3 Å². The molecule has 1 atom stereocenters. The largest absolute Gasteiger partial charge is 0.490 e. The van der Waals surface area contributed by atoms with Crippen LogP contribution in [0.5, 0.6) is 0 Å². The molecule has 2 aromatic heterocycles. The monoisotopic (exact) mass is 760 g/mol. The molecule has 3 N–H and O–H groups in total. The lowest BCUT2D eigenvalue weighted by Crippen LogP contribution is -2.41. The van der Waals surface area contributed by atoms with Gasteiger partial charge in [-0.25, -0.2) is 0 Å². The van der Waals surface area contributed by atoms with Gasteiger partial charge in [-0.05, 0) is 128 Å². The Balaban J connectivity index is 0.000000165. The summed E-state index contributed by atoms with van der Waals surface area (Å²) < 4.78 is 15.1. The summed E-state index contributed by atoms with van der Waals surface area (Å²) in [7, 11) is -0.102. The van der Waals surface area contributed by atoms with E-state index in [1.54, 1.807) is 29.1 Å². The molecule has 1 amide bonds. The number of amides is 1. The Labute approximate surface area is 321 Å². The van der Waals surface area contributed by atoms with Crippen LogP contribution in [0.4, 0.5) is 11.4 Å². The highest BCUT2D eigenvalue weighted by atomic mass is 16.7. The summed E-state index contributed by atoms with van der Waals surface area (Å²) in [6.07, 6.45) is 26.2. The number of allylic oxidation sites excluding steroid dienone is 6. The van der Waals surface area contributed by atoms with E-state index in [0.717, 1.165) is 62.8 Å². The van der Waals surface area contributed by atoms with Crippen molar-refractivity contribution < 1.29 is 23.9 Å². The molecule has 296 valence electrons. The Hall–Kier alpha value is -5.09. The maximum absolute atomic E-state index is 11.8. The van der Waals surface area contributed by atoms with Gasteiger partial charge in [-0.3, -0.25) is 43.7 Å². The fourth-order valence-electron chi connectivity index (χ4n) is 6.46. The van der Waals surface area contributed by atoms with Crippen LogP contribution in [0.25, 0.3) is 11.4 Å². The van der Waals surface area contributed by atoms with E-state index in [1.165, 1.54) is 54.1 Å². The van der Waals surface area contributed by atoms with E-state index in [9.17, 15) is 34.6 Å². The minimum absolute atomic E-state index is 0.0966. The zero-order chi connectivity index (χ0) is 40.2. The van der Waals surface area contributed by atoms with Crippen LogP contribution in [0.3, 0.4) is 0 Å². The highest BCUT2D eigenvalue weighted by molar-refractivity contribution is 6.54. The number of nitrogens with two attached hydrogens (primary N) is 1. The molecule has 16 heteroatoms. The van der Waals surface area contributed by atoms with Crippen molar-refractivity contribution in [2.75, 3.05) is 5.73 Å². The Kier molecular flexibility index (Phi) is 15.1. The molecule has 0 bridgehead atoms. The Morgan fingerprint density at radius 1 is 0.782 bits per heavy atom. The van der Waals surface area contributed by atoms with Crippen molar-refractivity contribution in [3.63, 3.8) is 0 Å². The van der Waals surface area contributed by atoms with Crippen LogP contribution < -0.4 is 22.2 Å². The Morgan fingerprint density at radius 2 is 1.31 bits per heavy atom. The number of hydrogen-bond donors (Lipinski definition) is 2. The minimum atomic E-state index is -1.09. The molecule has 1 unspecified atom stereocenters.